The third kappa shape index (κ3) is 3.28. The van der Waals surface area contributed by atoms with Crippen molar-refractivity contribution in [3.8, 4) is 0 Å². The fourth-order valence-corrected chi connectivity index (χ4v) is 4.09. The van der Waals surface area contributed by atoms with Gasteiger partial charge in [-0.25, -0.2) is 4.79 Å². The molecule has 0 saturated carbocycles. The quantitative estimate of drug-likeness (QED) is 0.864. The fourth-order valence-electron chi connectivity index (χ4n) is 2.87. The maximum absolute atomic E-state index is 11.8. The lowest BCUT2D eigenvalue weighted by Gasteiger charge is -2.23. The summed E-state index contributed by atoms with van der Waals surface area (Å²) in [5.74, 6) is 6.60. The summed E-state index contributed by atoms with van der Waals surface area (Å²) in [7, 11) is 0.309. The lowest BCUT2D eigenvalue weighted by atomic mass is 10.2. The van der Waals surface area contributed by atoms with E-state index in [9.17, 15) is 4.79 Å². The van der Waals surface area contributed by atoms with Crippen LogP contribution < -0.4 is 15.5 Å². The summed E-state index contributed by atoms with van der Waals surface area (Å²) in [6, 6.07) is 8.16. The van der Waals surface area contributed by atoms with E-state index >= 15 is 0 Å². The van der Waals surface area contributed by atoms with Crippen LogP contribution in [0.2, 0.25) is 0 Å². The number of amides is 1. The minimum absolute atomic E-state index is 0.201. The van der Waals surface area contributed by atoms with E-state index in [1.807, 2.05) is 12.1 Å². The van der Waals surface area contributed by atoms with Gasteiger partial charge >= 0.3 is 6.09 Å². The molecule has 2 heterocycles. The van der Waals surface area contributed by atoms with Crippen LogP contribution in [0.3, 0.4) is 0 Å². The second kappa shape index (κ2) is 6.71. The first-order chi connectivity index (χ1) is 10.7. The van der Waals surface area contributed by atoms with Gasteiger partial charge in [0.05, 0.1) is 6.54 Å². The Morgan fingerprint density at radius 1 is 1.23 bits per heavy atom. The van der Waals surface area contributed by atoms with Gasteiger partial charge in [-0.05, 0) is 36.4 Å². The predicted octanol–water partition coefficient (Wildman–Crippen LogP) is 1.88. The predicted molar refractivity (Wildman–Crippen MR) is 94.4 cm³/mol. The van der Waals surface area contributed by atoms with E-state index in [-0.39, 0.29) is 12.2 Å². The number of anilines is 2. The number of hydrogen-bond acceptors (Lipinski definition) is 4. The highest BCUT2D eigenvalue weighted by molar-refractivity contribution is 8.14. The van der Waals surface area contributed by atoms with E-state index in [1.165, 1.54) is 23.6 Å². The lowest BCUT2D eigenvalue weighted by molar-refractivity contribution is 0.145. The zero-order chi connectivity index (χ0) is 15.5. The van der Waals surface area contributed by atoms with Gasteiger partial charge in [-0.2, -0.15) is 10.5 Å². The fraction of sp³-hybridized carbons (Fsp3) is 0.500. The summed E-state index contributed by atoms with van der Waals surface area (Å²) in [4.78, 5) is 15.9. The molecule has 6 heteroatoms. The van der Waals surface area contributed by atoms with Crippen molar-refractivity contribution in [1.29, 1.82) is 0 Å². The van der Waals surface area contributed by atoms with Crippen LogP contribution in [0.5, 0.6) is 0 Å². The van der Waals surface area contributed by atoms with Gasteiger partial charge in [-0.15, -0.1) is 0 Å². The second-order valence-corrected chi connectivity index (χ2v) is 7.77. The summed E-state index contributed by atoms with van der Waals surface area (Å²) >= 11 is 0. The molecule has 3 rings (SSSR count). The molecule has 2 fully saturated rings. The second-order valence-electron chi connectivity index (χ2n) is 5.73. The van der Waals surface area contributed by atoms with Crippen LogP contribution in [0.25, 0.3) is 0 Å². The van der Waals surface area contributed by atoms with Gasteiger partial charge in [0, 0.05) is 36.8 Å². The molecular formula is C16H23N3O2S. The van der Waals surface area contributed by atoms with E-state index in [0.717, 1.165) is 18.8 Å². The van der Waals surface area contributed by atoms with Crippen LogP contribution in [0.15, 0.2) is 24.3 Å². The minimum atomic E-state index is -0.306. The molecule has 2 unspecified atom stereocenters. The molecule has 2 saturated heterocycles. The molecule has 2 aliphatic heterocycles. The van der Waals surface area contributed by atoms with Crippen molar-refractivity contribution in [2.45, 2.75) is 12.5 Å². The van der Waals surface area contributed by atoms with Gasteiger partial charge in [0.25, 0.3) is 0 Å². The Labute approximate surface area is 133 Å². The molecule has 2 N–H and O–H groups in total. The Bertz CT molecular complexity index is 561. The highest BCUT2D eigenvalue weighted by Gasteiger charge is 2.31. The van der Waals surface area contributed by atoms with Crippen molar-refractivity contribution in [3.63, 3.8) is 0 Å². The van der Waals surface area contributed by atoms with Crippen molar-refractivity contribution >= 4 is 33.8 Å². The average Bonchev–Trinajstić information content (AvgIpc) is 2.78. The van der Waals surface area contributed by atoms with Crippen molar-refractivity contribution in [2.75, 3.05) is 47.5 Å². The van der Waals surface area contributed by atoms with E-state index in [4.69, 9.17) is 10.5 Å². The molecule has 1 amide bonds. The summed E-state index contributed by atoms with van der Waals surface area (Å²) in [6.07, 6.45) is 0.692. The van der Waals surface area contributed by atoms with E-state index in [0.29, 0.717) is 23.6 Å². The third-order valence-corrected chi connectivity index (χ3v) is 5.80. The Morgan fingerprint density at radius 2 is 1.95 bits per heavy atom. The number of cyclic esters (lactones) is 1. The molecule has 0 aliphatic carbocycles. The molecule has 22 heavy (non-hydrogen) atoms. The number of hydrogen-bond donors (Lipinski definition) is 1. The van der Waals surface area contributed by atoms with Gasteiger partial charge in [0.2, 0.25) is 0 Å². The number of nitrogens with two attached hydrogens (primary N) is 1. The zero-order valence-electron chi connectivity index (χ0n) is 12.7. The Kier molecular flexibility index (Phi) is 4.69. The Balaban J connectivity index is 1.70. The summed E-state index contributed by atoms with van der Waals surface area (Å²) in [5.41, 5.74) is 7.65. The van der Waals surface area contributed by atoms with Crippen LogP contribution in [0, 0.1) is 0 Å². The van der Waals surface area contributed by atoms with E-state index in [1.54, 1.807) is 4.90 Å². The SMILES string of the molecule is C=S1CCCN(c2ccc(N3CC(CN)OC3=O)cc2)CC1. The topological polar surface area (TPSA) is 58.8 Å². The third-order valence-electron chi connectivity index (χ3n) is 4.17. The zero-order valence-corrected chi connectivity index (χ0v) is 13.6. The maximum atomic E-state index is 11.8. The number of carbonyl (C=O) groups is 1. The molecular weight excluding hydrogens is 298 g/mol. The maximum Gasteiger partial charge on any atom is 0.414 e. The van der Waals surface area contributed by atoms with Crippen LogP contribution in [-0.4, -0.2) is 55.8 Å². The Hall–Kier alpha value is -1.53. The summed E-state index contributed by atoms with van der Waals surface area (Å²) in [5, 5.41) is 0. The molecule has 1 aromatic carbocycles. The molecule has 0 spiro atoms. The van der Waals surface area contributed by atoms with Crippen molar-refractivity contribution in [1.82, 2.24) is 0 Å². The first-order valence-corrected chi connectivity index (χ1v) is 9.41. The van der Waals surface area contributed by atoms with Crippen LogP contribution >= 0.6 is 10.5 Å². The Morgan fingerprint density at radius 3 is 2.64 bits per heavy atom. The minimum Gasteiger partial charge on any atom is -0.443 e. The average molecular weight is 321 g/mol. The molecule has 0 radical (unpaired) electrons. The van der Waals surface area contributed by atoms with Gasteiger partial charge in [0.1, 0.15) is 6.10 Å². The van der Waals surface area contributed by atoms with E-state index in [2.05, 4.69) is 22.9 Å². The summed E-state index contributed by atoms with van der Waals surface area (Å²) in [6.45, 7) is 3.04. The first kappa shape index (κ1) is 15.4. The first-order valence-electron chi connectivity index (χ1n) is 7.68. The van der Waals surface area contributed by atoms with Gasteiger partial charge in [-0.1, -0.05) is 5.87 Å². The summed E-state index contributed by atoms with van der Waals surface area (Å²) < 4.78 is 5.20. The van der Waals surface area contributed by atoms with Crippen LogP contribution in [-0.2, 0) is 4.74 Å². The smallest absolute Gasteiger partial charge is 0.414 e. The van der Waals surface area contributed by atoms with Crippen molar-refractivity contribution in [2.24, 2.45) is 5.73 Å². The van der Waals surface area contributed by atoms with Crippen molar-refractivity contribution in [3.05, 3.63) is 24.3 Å². The molecule has 2 atom stereocenters. The van der Waals surface area contributed by atoms with Gasteiger partial charge in [0.15, 0.2) is 0 Å². The monoisotopic (exact) mass is 321 g/mol. The normalized spacial score (nSPS) is 26.0. The van der Waals surface area contributed by atoms with Gasteiger partial charge in [-0.3, -0.25) is 4.90 Å². The molecule has 120 valence electrons. The highest BCUT2D eigenvalue weighted by Crippen LogP contribution is 2.26. The number of nitrogens with zero attached hydrogens (tertiary/aromatic N) is 2. The highest BCUT2D eigenvalue weighted by atomic mass is 32.2. The molecule has 2 aliphatic rings. The number of benzene rings is 1. The lowest BCUT2D eigenvalue weighted by Crippen LogP contribution is -2.28. The molecule has 0 bridgehead atoms. The van der Waals surface area contributed by atoms with Crippen LogP contribution in [0.1, 0.15) is 6.42 Å². The van der Waals surface area contributed by atoms with E-state index < -0.39 is 0 Å². The molecule has 1 aromatic rings. The van der Waals surface area contributed by atoms with Crippen LogP contribution in [0.4, 0.5) is 16.2 Å². The molecule has 5 nitrogen and oxygen atoms in total. The standard InChI is InChI=1S/C16H23N3O2S/c1-22-9-2-7-18(8-10-22)13-3-5-14(6-4-13)19-12-15(11-17)21-16(19)20/h3-6,15H,1-2,7-12,17H2. The molecule has 0 aromatic heterocycles. The number of ether oxygens (including phenoxy) is 1. The number of carbonyl (C=O) groups excluding carboxylic acids is 1. The largest absolute Gasteiger partial charge is 0.443 e. The van der Waals surface area contributed by atoms with Gasteiger partial charge < -0.3 is 15.4 Å². The van der Waals surface area contributed by atoms with Crippen molar-refractivity contribution < 1.29 is 9.53 Å². The number of rotatable bonds is 3.